The van der Waals surface area contributed by atoms with Gasteiger partial charge in [-0.25, -0.2) is 14.1 Å². The number of nitrogen functional groups attached to an aromatic ring is 1. The van der Waals surface area contributed by atoms with Crippen molar-refractivity contribution in [2.75, 3.05) is 16.0 Å². The largest absolute Gasteiger partial charge is 0.399 e. The van der Waals surface area contributed by atoms with Gasteiger partial charge in [0.2, 0.25) is 5.91 Å². The van der Waals surface area contributed by atoms with Crippen LogP contribution in [0.1, 0.15) is 6.92 Å². The highest BCUT2D eigenvalue weighted by Crippen LogP contribution is 2.26. The van der Waals surface area contributed by atoms with Crippen molar-refractivity contribution in [1.82, 2.24) is 0 Å². The van der Waals surface area contributed by atoms with Gasteiger partial charge in [0.15, 0.2) is 0 Å². The first-order valence-electron chi connectivity index (χ1n) is 6.31. The van der Waals surface area contributed by atoms with Crippen LogP contribution in [0, 0.1) is 5.82 Å². The molecule has 0 heterocycles. The topological polar surface area (TPSA) is 75.4 Å². The predicted octanol–water partition coefficient (Wildman–Crippen LogP) is 3.65. The van der Waals surface area contributed by atoms with Crippen molar-refractivity contribution in [2.45, 2.75) is 6.92 Å². The highest BCUT2D eigenvalue weighted by atomic mass is 35.5. The minimum atomic E-state index is -0.815. The van der Waals surface area contributed by atoms with Crippen LogP contribution in [0.15, 0.2) is 42.5 Å². The molecule has 5 nitrogen and oxygen atoms in total. The van der Waals surface area contributed by atoms with Crippen LogP contribution < -0.4 is 16.0 Å². The first kappa shape index (κ1) is 15.8. The average molecular weight is 322 g/mol. The monoisotopic (exact) mass is 321 g/mol. The molecule has 0 fully saturated rings. The zero-order valence-electron chi connectivity index (χ0n) is 11.6. The number of para-hydroxylation sites is 1. The molecule has 0 aliphatic rings. The molecule has 0 spiro atoms. The minimum Gasteiger partial charge on any atom is -0.399 e. The van der Waals surface area contributed by atoms with Crippen LogP contribution >= 0.6 is 11.6 Å². The molecule has 0 atom stereocenters. The van der Waals surface area contributed by atoms with Gasteiger partial charge < -0.3 is 11.1 Å². The first-order chi connectivity index (χ1) is 10.4. The van der Waals surface area contributed by atoms with Crippen LogP contribution in [0.2, 0.25) is 5.02 Å². The lowest BCUT2D eigenvalue weighted by Crippen LogP contribution is -2.38. The highest BCUT2D eigenvalue weighted by molar-refractivity contribution is 6.34. The summed E-state index contributed by atoms with van der Waals surface area (Å²) in [6.45, 7) is 1.22. The first-order valence-corrected chi connectivity index (χ1v) is 6.69. The van der Waals surface area contributed by atoms with E-state index in [9.17, 15) is 14.0 Å². The highest BCUT2D eigenvalue weighted by Gasteiger charge is 2.22. The lowest BCUT2D eigenvalue weighted by atomic mass is 10.2. The molecule has 2 rings (SSSR count). The lowest BCUT2D eigenvalue weighted by Gasteiger charge is -2.20. The number of rotatable bonds is 2. The Morgan fingerprint density at radius 1 is 1.18 bits per heavy atom. The summed E-state index contributed by atoms with van der Waals surface area (Å²) in [4.78, 5) is 24.9. The number of amides is 3. The number of nitrogens with one attached hydrogen (secondary N) is 1. The zero-order chi connectivity index (χ0) is 16.3. The van der Waals surface area contributed by atoms with E-state index in [2.05, 4.69) is 5.32 Å². The van der Waals surface area contributed by atoms with Crippen molar-refractivity contribution < 1.29 is 14.0 Å². The fourth-order valence-electron chi connectivity index (χ4n) is 1.85. The molecule has 0 aliphatic carbocycles. The van der Waals surface area contributed by atoms with Gasteiger partial charge in [0.1, 0.15) is 5.82 Å². The molecule has 2 aromatic carbocycles. The maximum Gasteiger partial charge on any atom is 0.333 e. The van der Waals surface area contributed by atoms with E-state index in [1.165, 1.54) is 31.2 Å². The molecular weight excluding hydrogens is 309 g/mol. The third-order valence-corrected chi connectivity index (χ3v) is 3.18. The second-order valence-corrected chi connectivity index (χ2v) is 4.88. The van der Waals surface area contributed by atoms with Crippen molar-refractivity contribution in [2.24, 2.45) is 0 Å². The van der Waals surface area contributed by atoms with E-state index in [-0.39, 0.29) is 10.7 Å². The third kappa shape index (κ3) is 3.35. The van der Waals surface area contributed by atoms with Crippen LogP contribution in [0.4, 0.5) is 26.2 Å². The number of anilines is 3. The van der Waals surface area contributed by atoms with E-state index in [1.807, 2.05) is 0 Å². The van der Waals surface area contributed by atoms with Crippen LogP contribution in [-0.2, 0) is 4.79 Å². The Morgan fingerprint density at radius 2 is 1.82 bits per heavy atom. The molecule has 22 heavy (non-hydrogen) atoms. The Balaban J connectivity index is 2.31. The molecular formula is C15H13ClFN3O2. The summed E-state index contributed by atoms with van der Waals surface area (Å²) in [5.74, 6) is -1.23. The molecule has 0 bridgehead atoms. The summed E-state index contributed by atoms with van der Waals surface area (Å²) < 4.78 is 13.7. The molecule has 0 aromatic heterocycles. The van der Waals surface area contributed by atoms with Gasteiger partial charge >= 0.3 is 6.03 Å². The SMILES string of the molecule is CC(=O)N(C(=O)Nc1c(F)cccc1Cl)c1ccc(N)cc1. The Morgan fingerprint density at radius 3 is 2.36 bits per heavy atom. The molecule has 0 radical (unpaired) electrons. The predicted molar refractivity (Wildman–Crippen MR) is 84.4 cm³/mol. The van der Waals surface area contributed by atoms with Gasteiger partial charge in [0.25, 0.3) is 0 Å². The van der Waals surface area contributed by atoms with Crippen molar-refractivity contribution in [3.8, 4) is 0 Å². The van der Waals surface area contributed by atoms with E-state index < -0.39 is 17.8 Å². The quantitative estimate of drug-likeness (QED) is 0.829. The van der Waals surface area contributed by atoms with Gasteiger partial charge in [-0.1, -0.05) is 17.7 Å². The number of halogens is 2. The van der Waals surface area contributed by atoms with Gasteiger partial charge in [0.05, 0.1) is 16.4 Å². The number of hydrogen-bond acceptors (Lipinski definition) is 3. The van der Waals surface area contributed by atoms with Crippen molar-refractivity contribution >= 4 is 40.6 Å². The summed E-state index contributed by atoms with van der Waals surface area (Å²) in [5, 5.41) is 2.34. The van der Waals surface area contributed by atoms with E-state index in [0.717, 1.165) is 11.0 Å². The number of urea groups is 1. The summed E-state index contributed by atoms with van der Waals surface area (Å²) >= 11 is 5.85. The van der Waals surface area contributed by atoms with Crippen LogP contribution in [-0.4, -0.2) is 11.9 Å². The van der Waals surface area contributed by atoms with Crippen molar-refractivity contribution in [3.05, 3.63) is 53.3 Å². The zero-order valence-corrected chi connectivity index (χ0v) is 12.4. The Bertz CT molecular complexity index is 699. The number of hydrogen-bond donors (Lipinski definition) is 2. The number of carbonyl (C=O) groups is 2. The lowest BCUT2D eigenvalue weighted by molar-refractivity contribution is -0.115. The second kappa shape index (κ2) is 6.44. The number of carbonyl (C=O) groups excluding carboxylic acids is 2. The Kier molecular flexibility index (Phi) is 4.62. The van der Waals surface area contributed by atoms with Gasteiger partial charge in [-0.15, -0.1) is 0 Å². The summed E-state index contributed by atoms with van der Waals surface area (Å²) in [6.07, 6.45) is 0. The smallest absolute Gasteiger partial charge is 0.333 e. The van der Waals surface area contributed by atoms with E-state index in [4.69, 9.17) is 17.3 Å². The standard InChI is InChI=1S/C15H13ClFN3O2/c1-9(21)20(11-7-5-10(18)6-8-11)15(22)19-14-12(16)3-2-4-13(14)17/h2-8H,18H2,1H3,(H,19,22). The van der Waals surface area contributed by atoms with Gasteiger partial charge in [-0.2, -0.15) is 0 Å². The number of benzene rings is 2. The number of imide groups is 1. The maximum atomic E-state index is 13.7. The van der Waals surface area contributed by atoms with Gasteiger partial charge in [-0.05, 0) is 36.4 Å². The fraction of sp³-hybridized carbons (Fsp3) is 0.0667. The maximum absolute atomic E-state index is 13.7. The molecule has 0 unspecified atom stereocenters. The van der Waals surface area contributed by atoms with Crippen LogP contribution in [0.25, 0.3) is 0 Å². The van der Waals surface area contributed by atoms with E-state index >= 15 is 0 Å². The molecule has 0 aliphatic heterocycles. The molecule has 7 heteroatoms. The molecule has 3 N–H and O–H groups in total. The second-order valence-electron chi connectivity index (χ2n) is 4.47. The van der Waals surface area contributed by atoms with Gasteiger partial charge in [-0.3, -0.25) is 4.79 Å². The Hall–Kier alpha value is -2.60. The molecule has 2 aromatic rings. The van der Waals surface area contributed by atoms with Crippen LogP contribution in [0.3, 0.4) is 0 Å². The summed E-state index contributed by atoms with van der Waals surface area (Å²) in [5.41, 5.74) is 6.19. The Labute approximate surface area is 131 Å². The molecule has 3 amide bonds. The van der Waals surface area contributed by atoms with Gasteiger partial charge in [0, 0.05) is 12.6 Å². The van der Waals surface area contributed by atoms with E-state index in [0.29, 0.717) is 11.4 Å². The average Bonchev–Trinajstić information content (AvgIpc) is 2.45. The fourth-order valence-corrected chi connectivity index (χ4v) is 2.06. The molecule has 0 saturated carbocycles. The number of nitrogens with zero attached hydrogens (tertiary/aromatic N) is 1. The normalized spacial score (nSPS) is 10.1. The van der Waals surface area contributed by atoms with Crippen LogP contribution in [0.5, 0.6) is 0 Å². The third-order valence-electron chi connectivity index (χ3n) is 2.86. The summed E-state index contributed by atoms with van der Waals surface area (Å²) in [7, 11) is 0. The molecule has 0 saturated heterocycles. The van der Waals surface area contributed by atoms with Crippen molar-refractivity contribution in [3.63, 3.8) is 0 Å². The van der Waals surface area contributed by atoms with E-state index in [1.54, 1.807) is 12.1 Å². The minimum absolute atomic E-state index is 0.0363. The summed E-state index contributed by atoms with van der Waals surface area (Å²) in [6, 6.07) is 9.31. The molecule has 114 valence electrons. The van der Waals surface area contributed by atoms with Crippen molar-refractivity contribution in [1.29, 1.82) is 0 Å². The number of nitrogens with two attached hydrogens (primary N) is 1.